The van der Waals surface area contributed by atoms with Crippen LogP contribution in [0, 0.1) is 0 Å². The maximum Gasteiger partial charge on any atom is 0.250 e. The van der Waals surface area contributed by atoms with E-state index >= 15 is 0 Å². The molecule has 1 aromatic rings. The van der Waals surface area contributed by atoms with Crippen molar-refractivity contribution in [2.45, 2.75) is 19.9 Å². The number of rotatable bonds is 3. The predicted molar refractivity (Wildman–Crippen MR) is 78.3 cm³/mol. The first-order valence-electron chi connectivity index (χ1n) is 6.67. The van der Waals surface area contributed by atoms with E-state index in [1.807, 2.05) is 6.07 Å². The Labute approximate surface area is 114 Å². The number of primary amides is 1. The Balaban J connectivity index is 2.19. The topological polar surface area (TPSA) is 75.6 Å². The van der Waals surface area contributed by atoms with Crippen LogP contribution in [0.25, 0.3) is 0 Å². The Morgan fingerprint density at radius 2 is 1.84 bits per heavy atom. The Bertz CT molecular complexity index is 465. The van der Waals surface area contributed by atoms with E-state index in [0.717, 1.165) is 31.9 Å². The SMILES string of the molecule is CC(C)N1CCN(c2cc(N)ccc2C(N)=O)CC1. The molecule has 0 aliphatic carbocycles. The lowest BCUT2D eigenvalue weighted by molar-refractivity contribution is 0.100. The number of nitrogens with two attached hydrogens (primary N) is 2. The summed E-state index contributed by atoms with van der Waals surface area (Å²) in [6, 6.07) is 5.82. The zero-order chi connectivity index (χ0) is 14.0. The Morgan fingerprint density at radius 3 is 2.37 bits per heavy atom. The molecule has 0 bridgehead atoms. The molecule has 0 saturated carbocycles. The fourth-order valence-corrected chi connectivity index (χ4v) is 2.50. The number of nitrogen functional groups attached to an aromatic ring is 1. The van der Waals surface area contributed by atoms with E-state index < -0.39 is 5.91 Å². The molecule has 1 amide bonds. The predicted octanol–water partition coefficient (Wildman–Crippen LogP) is 0.898. The molecule has 1 fully saturated rings. The van der Waals surface area contributed by atoms with Gasteiger partial charge >= 0.3 is 0 Å². The van der Waals surface area contributed by atoms with E-state index in [9.17, 15) is 4.79 Å². The molecule has 0 radical (unpaired) electrons. The van der Waals surface area contributed by atoms with Crippen LogP contribution in [0.1, 0.15) is 24.2 Å². The second-order valence-corrected chi connectivity index (χ2v) is 5.26. The normalized spacial score (nSPS) is 16.9. The van der Waals surface area contributed by atoms with Crippen molar-refractivity contribution in [2.75, 3.05) is 36.8 Å². The third kappa shape index (κ3) is 2.98. The van der Waals surface area contributed by atoms with Gasteiger partial charge in [-0.25, -0.2) is 0 Å². The second-order valence-electron chi connectivity index (χ2n) is 5.26. The van der Waals surface area contributed by atoms with E-state index in [0.29, 0.717) is 17.3 Å². The standard InChI is InChI=1S/C14H22N4O/c1-10(2)17-5-7-18(8-6-17)13-9-11(15)3-4-12(13)14(16)19/h3-4,9-10H,5-8,15H2,1-2H3,(H2,16,19). The lowest BCUT2D eigenvalue weighted by Gasteiger charge is -2.38. The van der Waals surface area contributed by atoms with Crippen molar-refractivity contribution in [3.63, 3.8) is 0 Å². The highest BCUT2D eigenvalue weighted by molar-refractivity contribution is 5.99. The van der Waals surface area contributed by atoms with Gasteiger partial charge in [0.05, 0.1) is 11.3 Å². The van der Waals surface area contributed by atoms with Crippen LogP contribution in [0.3, 0.4) is 0 Å². The summed E-state index contributed by atoms with van der Waals surface area (Å²) in [7, 11) is 0. The van der Waals surface area contributed by atoms with Crippen LogP contribution in [-0.4, -0.2) is 43.0 Å². The summed E-state index contributed by atoms with van der Waals surface area (Å²) in [5.74, 6) is -0.402. The fraction of sp³-hybridized carbons (Fsp3) is 0.500. The molecule has 1 saturated heterocycles. The summed E-state index contributed by atoms with van der Waals surface area (Å²) in [6.45, 7) is 8.16. The van der Waals surface area contributed by atoms with Gasteiger partial charge in [0.15, 0.2) is 0 Å². The van der Waals surface area contributed by atoms with Crippen LogP contribution in [0.2, 0.25) is 0 Å². The molecular formula is C14H22N4O. The van der Waals surface area contributed by atoms with Crippen molar-refractivity contribution >= 4 is 17.3 Å². The third-order valence-corrected chi connectivity index (χ3v) is 3.67. The molecule has 5 heteroatoms. The molecule has 0 unspecified atom stereocenters. The minimum atomic E-state index is -0.402. The van der Waals surface area contributed by atoms with Crippen molar-refractivity contribution in [3.8, 4) is 0 Å². The summed E-state index contributed by atoms with van der Waals surface area (Å²) < 4.78 is 0. The lowest BCUT2D eigenvalue weighted by Crippen LogP contribution is -2.49. The third-order valence-electron chi connectivity index (χ3n) is 3.67. The van der Waals surface area contributed by atoms with E-state index in [1.54, 1.807) is 12.1 Å². The zero-order valence-electron chi connectivity index (χ0n) is 11.6. The average Bonchev–Trinajstić information content (AvgIpc) is 2.38. The number of hydrogen-bond donors (Lipinski definition) is 2. The fourth-order valence-electron chi connectivity index (χ4n) is 2.50. The highest BCUT2D eigenvalue weighted by Crippen LogP contribution is 2.24. The number of carbonyl (C=O) groups excluding carboxylic acids is 1. The molecule has 2 rings (SSSR count). The first-order chi connectivity index (χ1) is 8.99. The molecule has 1 aliphatic rings. The number of piperazine rings is 1. The molecule has 1 heterocycles. The van der Waals surface area contributed by atoms with Crippen LogP contribution in [0.4, 0.5) is 11.4 Å². The minimum Gasteiger partial charge on any atom is -0.399 e. The molecule has 5 nitrogen and oxygen atoms in total. The van der Waals surface area contributed by atoms with Crippen LogP contribution < -0.4 is 16.4 Å². The first kappa shape index (κ1) is 13.7. The molecule has 1 aromatic carbocycles. The lowest BCUT2D eigenvalue weighted by atomic mass is 10.1. The Hall–Kier alpha value is -1.75. The zero-order valence-corrected chi connectivity index (χ0v) is 11.6. The molecule has 0 spiro atoms. The van der Waals surface area contributed by atoms with Crippen LogP contribution in [0.15, 0.2) is 18.2 Å². The molecule has 19 heavy (non-hydrogen) atoms. The molecule has 0 atom stereocenters. The summed E-state index contributed by atoms with van der Waals surface area (Å²) >= 11 is 0. The highest BCUT2D eigenvalue weighted by atomic mass is 16.1. The quantitative estimate of drug-likeness (QED) is 0.794. The van der Waals surface area contributed by atoms with Gasteiger partial charge in [-0.2, -0.15) is 0 Å². The second kappa shape index (κ2) is 5.48. The highest BCUT2D eigenvalue weighted by Gasteiger charge is 2.22. The van der Waals surface area contributed by atoms with Crippen molar-refractivity contribution in [2.24, 2.45) is 5.73 Å². The van der Waals surface area contributed by atoms with Gasteiger partial charge < -0.3 is 16.4 Å². The van der Waals surface area contributed by atoms with Gasteiger partial charge in [-0.05, 0) is 32.0 Å². The Morgan fingerprint density at radius 1 is 1.21 bits per heavy atom. The van der Waals surface area contributed by atoms with Gasteiger partial charge in [-0.1, -0.05) is 0 Å². The van der Waals surface area contributed by atoms with Gasteiger partial charge in [0, 0.05) is 37.9 Å². The van der Waals surface area contributed by atoms with Crippen molar-refractivity contribution in [3.05, 3.63) is 23.8 Å². The van der Waals surface area contributed by atoms with E-state index in [-0.39, 0.29) is 0 Å². The van der Waals surface area contributed by atoms with Crippen molar-refractivity contribution < 1.29 is 4.79 Å². The monoisotopic (exact) mass is 262 g/mol. The Kier molecular flexibility index (Phi) is 3.95. The molecule has 104 valence electrons. The molecule has 0 aromatic heterocycles. The largest absolute Gasteiger partial charge is 0.399 e. The number of anilines is 2. The maximum atomic E-state index is 11.5. The summed E-state index contributed by atoms with van der Waals surface area (Å²) in [6.07, 6.45) is 0. The van der Waals surface area contributed by atoms with Gasteiger partial charge in [0.2, 0.25) is 0 Å². The van der Waals surface area contributed by atoms with Crippen molar-refractivity contribution in [1.29, 1.82) is 0 Å². The van der Waals surface area contributed by atoms with E-state index in [1.165, 1.54) is 0 Å². The van der Waals surface area contributed by atoms with Crippen LogP contribution >= 0.6 is 0 Å². The minimum absolute atomic E-state index is 0.402. The molecular weight excluding hydrogens is 240 g/mol. The smallest absolute Gasteiger partial charge is 0.250 e. The number of benzene rings is 1. The van der Waals surface area contributed by atoms with Crippen LogP contribution in [-0.2, 0) is 0 Å². The number of nitrogens with zero attached hydrogens (tertiary/aromatic N) is 2. The first-order valence-corrected chi connectivity index (χ1v) is 6.67. The number of amides is 1. The molecule has 1 aliphatic heterocycles. The van der Waals surface area contributed by atoms with E-state index in [4.69, 9.17) is 11.5 Å². The van der Waals surface area contributed by atoms with Crippen LogP contribution in [0.5, 0.6) is 0 Å². The van der Waals surface area contributed by atoms with Gasteiger partial charge in [0.25, 0.3) is 5.91 Å². The van der Waals surface area contributed by atoms with Gasteiger partial charge in [-0.3, -0.25) is 9.69 Å². The summed E-state index contributed by atoms with van der Waals surface area (Å²) in [5.41, 5.74) is 13.3. The summed E-state index contributed by atoms with van der Waals surface area (Å²) in [5, 5.41) is 0. The average molecular weight is 262 g/mol. The number of hydrogen-bond acceptors (Lipinski definition) is 4. The van der Waals surface area contributed by atoms with E-state index in [2.05, 4.69) is 23.6 Å². The van der Waals surface area contributed by atoms with Gasteiger partial charge in [0.1, 0.15) is 0 Å². The number of carbonyl (C=O) groups is 1. The van der Waals surface area contributed by atoms with Gasteiger partial charge in [-0.15, -0.1) is 0 Å². The molecule has 4 N–H and O–H groups in total. The summed E-state index contributed by atoms with van der Waals surface area (Å²) in [4.78, 5) is 16.1. The maximum absolute atomic E-state index is 11.5. The van der Waals surface area contributed by atoms with Crippen molar-refractivity contribution in [1.82, 2.24) is 4.90 Å².